The Morgan fingerprint density at radius 3 is 2.50 bits per heavy atom. The Hall–Kier alpha value is -1.78. The van der Waals surface area contributed by atoms with Crippen LogP contribution in [0.2, 0.25) is 0 Å². The lowest BCUT2D eigenvalue weighted by atomic mass is 10.1. The third-order valence-corrected chi connectivity index (χ3v) is 3.19. The minimum absolute atomic E-state index is 0. The zero-order valence-electron chi connectivity index (χ0n) is 11.6. The van der Waals surface area contributed by atoms with Crippen LogP contribution in [0, 0.1) is 6.92 Å². The van der Waals surface area contributed by atoms with Crippen molar-refractivity contribution in [3.05, 3.63) is 47.7 Å². The van der Waals surface area contributed by atoms with E-state index in [-0.39, 0.29) is 18.4 Å². The van der Waals surface area contributed by atoms with Crippen molar-refractivity contribution < 1.29 is 21.9 Å². The molecule has 4 nitrogen and oxygen atoms in total. The minimum atomic E-state index is -0.314. The molecular weight excluding hydrogens is 276 g/mol. The van der Waals surface area contributed by atoms with Crippen molar-refractivity contribution in [1.29, 1.82) is 0 Å². The van der Waals surface area contributed by atoms with Crippen LogP contribution in [0.4, 0.5) is 0 Å². The molecule has 5 heteroatoms. The molecule has 2 rings (SSSR count). The molecule has 0 saturated carbocycles. The second-order valence-corrected chi connectivity index (χ2v) is 4.33. The highest BCUT2D eigenvalue weighted by Crippen LogP contribution is 2.26. The van der Waals surface area contributed by atoms with Gasteiger partial charge in [-0.15, -0.1) is 0 Å². The van der Waals surface area contributed by atoms with E-state index in [4.69, 9.17) is 10.5 Å². The first-order valence-electron chi connectivity index (χ1n) is 6.23. The summed E-state index contributed by atoms with van der Waals surface area (Å²) in [5, 5.41) is 0. The quantitative estimate of drug-likeness (QED) is 0.752. The average Bonchev–Trinajstić information content (AvgIpc) is 2.77. The molecule has 0 aliphatic heterocycles. The summed E-state index contributed by atoms with van der Waals surface area (Å²) in [5.74, 6) is -0.314. The molecule has 0 spiro atoms. The van der Waals surface area contributed by atoms with Crippen molar-refractivity contribution in [3.8, 4) is 11.3 Å². The monoisotopic (exact) mass is 293 g/mol. The average molecular weight is 294 g/mol. The van der Waals surface area contributed by atoms with Crippen LogP contribution in [-0.2, 0) is 11.3 Å². The van der Waals surface area contributed by atoms with Gasteiger partial charge in [-0.05, 0) is 18.6 Å². The summed E-state index contributed by atoms with van der Waals surface area (Å²) >= 11 is 0. The largest absolute Gasteiger partial charge is 1.00 e. The fourth-order valence-electron chi connectivity index (χ4n) is 2.23. The first-order valence-corrected chi connectivity index (χ1v) is 6.23. The van der Waals surface area contributed by atoms with E-state index in [1.165, 1.54) is 7.11 Å². The molecule has 20 heavy (non-hydrogen) atoms. The van der Waals surface area contributed by atoms with E-state index in [1.54, 1.807) is 0 Å². The number of methoxy groups -OCH3 is 1. The third-order valence-electron chi connectivity index (χ3n) is 3.19. The number of aromatic nitrogens is 1. The number of hydrogen-bond acceptors (Lipinski definition) is 3. The topological polar surface area (TPSA) is 57.2 Å². The molecule has 1 heterocycles. The summed E-state index contributed by atoms with van der Waals surface area (Å²) in [5.41, 5.74) is 9.19. The lowest BCUT2D eigenvalue weighted by molar-refractivity contribution is -0.0000188. The summed E-state index contributed by atoms with van der Waals surface area (Å²) in [6.07, 6.45) is 0. The van der Waals surface area contributed by atoms with Crippen LogP contribution >= 0.6 is 0 Å². The normalized spacial score (nSPS) is 9.95. The van der Waals surface area contributed by atoms with Gasteiger partial charge >= 0.3 is 5.97 Å². The van der Waals surface area contributed by atoms with Crippen molar-refractivity contribution >= 4 is 5.97 Å². The van der Waals surface area contributed by atoms with E-state index in [0.29, 0.717) is 18.7 Å². The molecule has 2 N–H and O–H groups in total. The highest BCUT2D eigenvalue weighted by atomic mass is 35.5. The fraction of sp³-hybridized carbons (Fsp3) is 0.267. The van der Waals surface area contributed by atoms with Gasteiger partial charge in [-0.2, -0.15) is 0 Å². The van der Waals surface area contributed by atoms with Crippen molar-refractivity contribution in [3.63, 3.8) is 0 Å². The number of hydrogen-bond donors (Lipinski definition) is 1. The predicted molar refractivity (Wildman–Crippen MR) is 75.0 cm³/mol. The van der Waals surface area contributed by atoms with E-state index in [2.05, 4.69) is 4.57 Å². The minimum Gasteiger partial charge on any atom is -1.00 e. The summed E-state index contributed by atoms with van der Waals surface area (Å²) in [6.45, 7) is 3.11. The van der Waals surface area contributed by atoms with Crippen LogP contribution in [0.1, 0.15) is 16.1 Å². The number of carbonyl (C=O) groups excluding carboxylic acids is 1. The van der Waals surface area contributed by atoms with Crippen molar-refractivity contribution in [1.82, 2.24) is 4.57 Å². The molecule has 0 aliphatic rings. The van der Waals surface area contributed by atoms with Crippen LogP contribution in [0.5, 0.6) is 0 Å². The van der Waals surface area contributed by atoms with Gasteiger partial charge in [0.2, 0.25) is 0 Å². The van der Waals surface area contributed by atoms with Crippen LogP contribution in [0.15, 0.2) is 36.4 Å². The van der Waals surface area contributed by atoms with Crippen LogP contribution in [0.25, 0.3) is 11.3 Å². The van der Waals surface area contributed by atoms with Gasteiger partial charge in [0.05, 0.1) is 12.7 Å². The Balaban J connectivity index is 0.00000200. The van der Waals surface area contributed by atoms with Crippen molar-refractivity contribution in [2.24, 2.45) is 5.73 Å². The Morgan fingerprint density at radius 1 is 1.30 bits per heavy atom. The first kappa shape index (κ1) is 16.3. The molecule has 1 aromatic carbocycles. The van der Waals surface area contributed by atoms with Gasteiger partial charge in [-0.1, -0.05) is 30.3 Å². The molecular formula is C15H18ClN2O2-. The summed E-state index contributed by atoms with van der Waals surface area (Å²) < 4.78 is 6.87. The van der Waals surface area contributed by atoms with Crippen LogP contribution in [-0.4, -0.2) is 24.2 Å². The van der Waals surface area contributed by atoms with Crippen molar-refractivity contribution in [2.75, 3.05) is 13.7 Å². The van der Waals surface area contributed by atoms with Gasteiger partial charge in [-0.25, -0.2) is 4.79 Å². The number of ether oxygens (including phenoxy) is 1. The number of carbonyl (C=O) groups is 1. The molecule has 0 atom stereocenters. The zero-order valence-corrected chi connectivity index (χ0v) is 12.4. The maximum Gasteiger partial charge on any atom is 0.339 e. The number of benzene rings is 1. The second kappa shape index (κ2) is 7.12. The smallest absolute Gasteiger partial charge is 0.339 e. The first-order chi connectivity index (χ1) is 9.19. The number of halogens is 1. The second-order valence-electron chi connectivity index (χ2n) is 4.33. The van der Waals surface area contributed by atoms with Crippen molar-refractivity contribution in [2.45, 2.75) is 13.5 Å². The summed E-state index contributed by atoms with van der Waals surface area (Å²) in [7, 11) is 1.39. The molecule has 0 amide bonds. The molecule has 0 radical (unpaired) electrons. The Kier molecular flexibility index (Phi) is 5.80. The SMILES string of the molecule is COC(=O)c1cc(-c2ccccc2)n(CCN)c1C.[Cl-]. The molecule has 0 saturated heterocycles. The predicted octanol–water partition coefficient (Wildman–Crippen LogP) is -0.787. The van der Waals surface area contributed by atoms with E-state index in [1.807, 2.05) is 43.3 Å². The van der Waals surface area contributed by atoms with E-state index in [9.17, 15) is 4.79 Å². The molecule has 108 valence electrons. The Bertz CT molecular complexity index is 579. The van der Waals surface area contributed by atoms with E-state index in [0.717, 1.165) is 17.0 Å². The summed E-state index contributed by atoms with van der Waals surface area (Å²) in [4.78, 5) is 11.8. The van der Waals surface area contributed by atoms with Gasteiger partial charge in [0.1, 0.15) is 0 Å². The number of rotatable bonds is 4. The van der Waals surface area contributed by atoms with Gasteiger partial charge < -0.3 is 27.4 Å². The number of nitrogens with zero attached hydrogens (tertiary/aromatic N) is 1. The maximum atomic E-state index is 11.8. The lowest BCUT2D eigenvalue weighted by Crippen LogP contribution is -3.00. The molecule has 0 fully saturated rings. The van der Waals surface area contributed by atoms with Gasteiger partial charge in [0.25, 0.3) is 0 Å². The molecule has 0 aliphatic carbocycles. The highest BCUT2D eigenvalue weighted by Gasteiger charge is 2.18. The molecule has 0 bridgehead atoms. The molecule has 1 aromatic heterocycles. The third kappa shape index (κ3) is 3.03. The number of esters is 1. The Labute approximate surface area is 125 Å². The van der Waals surface area contributed by atoms with Gasteiger partial charge in [0.15, 0.2) is 0 Å². The standard InChI is InChI=1S/C15H18N2O2.ClH/c1-11-13(15(18)19-2)10-14(17(11)9-8-16)12-6-4-3-5-7-12;/h3-7,10H,8-9,16H2,1-2H3;1H/p-1. The van der Waals surface area contributed by atoms with Crippen LogP contribution in [0.3, 0.4) is 0 Å². The summed E-state index contributed by atoms with van der Waals surface area (Å²) in [6, 6.07) is 11.8. The number of nitrogens with two attached hydrogens (primary N) is 1. The van der Waals surface area contributed by atoms with Crippen LogP contribution < -0.4 is 18.1 Å². The Morgan fingerprint density at radius 2 is 1.95 bits per heavy atom. The fourth-order valence-corrected chi connectivity index (χ4v) is 2.23. The molecule has 2 aromatic rings. The van der Waals surface area contributed by atoms with Gasteiger partial charge in [-0.3, -0.25) is 0 Å². The zero-order chi connectivity index (χ0) is 13.8. The van der Waals surface area contributed by atoms with Gasteiger partial charge in [0, 0.05) is 24.5 Å². The highest BCUT2D eigenvalue weighted by molar-refractivity contribution is 5.92. The van der Waals surface area contributed by atoms with E-state index < -0.39 is 0 Å². The lowest BCUT2D eigenvalue weighted by Gasteiger charge is -2.10. The van der Waals surface area contributed by atoms with E-state index >= 15 is 0 Å². The maximum absolute atomic E-state index is 11.8. The molecule has 0 unspecified atom stereocenters.